The zero-order valence-corrected chi connectivity index (χ0v) is 22.4. The van der Waals surface area contributed by atoms with Gasteiger partial charge in [0, 0.05) is 17.7 Å². The highest BCUT2D eigenvalue weighted by Crippen LogP contribution is 2.32. The van der Waals surface area contributed by atoms with Crippen LogP contribution in [0.25, 0.3) is 6.08 Å². The second-order valence-corrected chi connectivity index (χ2v) is 11.5. The average molecular weight is 492 g/mol. The molecule has 0 spiro atoms. The molecule has 7 heteroatoms. The topological polar surface area (TPSA) is 96.7 Å². The van der Waals surface area contributed by atoms with Crippen molar-refractivity contribution in [2.75, 3.05) is 0 Å². The maximum atomic E-state index is 13.2. The number of hydrogen-bond acceptors (Lipinski definition) is 7. The van der Waals surface area contributed by atoms with E-state index in [2.05, 4.69) is 18.0 Å². The fourth-order valence-corrected chi connectivity index (χ4v) is 4.97. The number of nitrogens with zero attached hydrogens (tertiary/aromatic N) is 1. The third kappa shape index (κ3) is 7.59. The van der Waals surface area contributed by atoms with Crippen molar-refractivity contribution in [3.63, 3.8) is 0 Å². The van der Waals surface area contributed by atoms with Crippen LogP contribution in [0.4, 0.5) is 0 Å². The number of aryl methyl sites for hydroxylation is 1. The Morgan fingerprint density at radius 3 is 2.53 bits per heavy atom. The van der Waals surface area contributed by atoms with Gasteiger partial charge >= 0.3 is 5.97 Å². The lowest BCUT2D eigenvalue weighted by Crippen LogP contribution is -2.45. The van der Waals surface area contributed by atoms with Crippen molar-refractivity contribution >= 4 is 29.2 Å². The van der Waals surface area contributed by atoms with Crippen LogP contribution in [-0.4, -0.2) is 45.3 Å². The number of allylic oxidation sites excluding steroid dienone is 1. The SMILES string of the molecule is CC1=CC[C@@H](C(C)=Cc2csc(C)n2)OC(=O)C[C@H](O)C(C)(C)C(=O)[C@@H](C)[C@@H](O)[C@@H](C)CCC1. The number of cyclic esters (lactones) is 1. The van der Waals surface area contributed by atoms with Gasteiger partial charge in [0.2, 0.25) is 0 Å². The smallest absolute Gasteiger partial charge is 0.309 e. The molecule has 0 amide bonds. The van der Waals surface area contributed by atoms with Crippen LogP contribution in [0.2, 0.25) is 0 Å². The molecule has 2 N–H and O–H groups in total. The third-order valence-corrected chi connectivity index (χ3v) is 7.83. The van der Waals surface area contributed by atoms with Crippen molar-refractivity contribution in [1.29, 1.82) is 0 Å². The number of thiazole rings is 1. The van der Waals surface area contributed by atoms with Gasteiger partial charge in [-0.2, -0.15) is 0 Å². The number of hydrogen-bond donors (Lipinski definition) is 2. The van der Waals surface area contributed by atoms with Gasteiger partial charge in [0.1, 0.15) is 11.9 Å². The molecular formula is C27H41NO5S. The maximum absolute atomic E-state index is 13.2. The van der Waals surface area contributed by atoms with Gasteiger partial charge in [-0.25, -0.2) is 4.98 Å². The molecule has 5 atom stereocenters. The molecule has 1 aromatic heterocycles. The van der Waals surface area contributed by atoms with Gasteiger partial charge in [0.05, 0.1) is 34.7 Å². The number of aliphatic hydroxyl groups is 2. The summed E-state index contributed by atoms with van der Waals surface area (Å²) in [5.74, 6) is -1.49. The van der Waals surface area contributed by atoms with E-state index in [0.29, 0.717) is 6.42 Å². The molecule has 1 aromatic rings. The molecule has 0 fully saturated rings. The first kappa shape index (κ1) is 28.4. The molecule has 0 radical (unpaired) electrons. The Kier molecular flexibility index (Phi) is 10.2. The van der Waals surface area contributed by atoms with E-state index in [9.17, 15) is 19.8 Å². The Morgan fingerprint density at radius 1 is 1.24 bits per heavy atom. The molecule has 0 unspecified atom stereocenters. The number of carbonyl (C=O) groups is 2. The lowest BCUT2D eigenvalue weighted by molar-refractivity contribution is -0.154. The minimum Gasteiger partial charge on any atom is -0.457 e. The summed E-state index contributed by atoms with van der Waals surface area (Å²) >= 11 is 1.56. The van der Waals surface area contributed by atoms with Crippen molar-refractivity contribution in [1.82, 2.24) is 4.98 Å². The standard InChI is InChI=1S/C27H41NO5S/c1-16-9-8-10-17(2)25(31)19(4)26(32)27(6,7)23(29)14-24(30)33-22(12-11-16)18(3)13-21-15-34-20(5)28-21/h11,13,15,17,19,22-23,25,29,31H,8-10,12,14H2,1-7H3/t17-,19-,22-,23-,25-/m0/s1. The van der Waals surface area contributed by atoms with Crippen LogP contribution >= 0.6 is 11.3 Å². The molecule has 0 saturated carbocycles. The second kappa shape index (κ2) is 12.2. The van der Waals surface area contributed by atoms with Crippen LogP contribution in [0.5, 0.6) is 0 Å². The average Bonchev–Trinajstić information content (AvgIpc) is 3.18. The molecule has 1 aliphatic rings. The van der Waals surface area contributed by atoms with E-state index in [1.54, 1.807) is 32.1 Å². The Morgan fingerprint density at radius 2 is 1.91 bits per heavy atom. The summed E-state index contributed by atoms with van der Waals surface area (Å²) in [6, 6.07) is 0. The first-order valence-electron chi connectivity index (χ1n) is 12.2. The fourth-order valence-electron chi connectivity index (χ4n) is 4.40. The van der Waals surface area contributed by atoms with Crippen LogP contribution in [0, 0.1) is 24.2 Å². The van der Waals surface area contributed by atoms with E-state index in [-0.39, 0.29) is 18.1 Å². The van der Waals surface area contributed by atoms with Crippen molar-refractivity contribution in [2.45, 2.75) is 98.9 Å². The highest BCUT2D eigenvalue weighted by molar-refractivity contribution is 7.09. The number of ketones is 1. The van der Waals surface area contributed by atoms with Crippen LogP contribution in [0.3, 0.4) is 0 Å². The summed E-state index contributed by atoms with van der Waals surface area (Å²) in [7, 11) is 0. The van der Waals surface area contributed by atoms with Crippen molar-refractivity contribution in [3.8, 4) is 0 Å². The Bertz CT molecular complexity index is 916. The highest BCUT2D eigenvalue weighted by atomic mass is 32.1. The summed E-state index contributed by atoms with van der Waals surface area (Å²) in [4.78, 5) is 30.5. The largest absolute Gasteiger partial charge is 0.457 e. The van der Waals surface area contributed by atoms with E-state index in [0.717, 1.165) is 35.5 Å². The Hall–Kier alpha value is -1.83. The van der Waals surface area contributed by atoms with Crippen LogP contribution in [-0.2, 0) is 14.3 Å². The van der Waals surface area contributed by atoms with Crippen molar-refractivity contribution in [3.05, 3.63) is 33.3 Å². The van der Waals surface area contributed by atoms with Gasteiger partial charge in [-0.3, -0.25) is 9.59 Å². The number of esters is 1. The zero-order chi connectivity index (χ0) is 25.6. The number of aromatic nitrogens is 1. The first-order valence-corrected chi connectivity index (χ1v) is 13.1. The molecule has 1 aliphatic heterocycles. The number of Topliss-reactive ketones (excluding diaryl/α,β-unsaturated/α-hetero) is 1. The molecule has 0 aliphatic carbocycles. The van der Waals surface area contributed by atoms with Gasteiger partial charge in [-0.15, -0.1) is 11.3 Å². The van der Waals surface area contributed by atoms with Crippen LogP contribution in [0.15, 0.2) is 22.6 Å². The third-order valence-electron chi connectivity index (χ3n) is 7.04. The van der Waals surface area contributed by atoms with Crippen LogP contribution < -0.4 is 0 Å². The maximum Gasteiger partial charge on any atom is 0.309 e. The number of ether oxygens (including phenoxy) is 1. The monoisotopic (exact) mass is 491 g/mol. The highest BCUT2D eigenvalue weighted by Gasteiger charge is 2.42. The second-order valence-electron chi connectivity index (χ2n) is 10.4. The minimum absolute atomic E-state index is 0.0444. The Labute approximate surface area is 208 Å². The summed E-state index contributed by atoms with van der Waals surface area (Å²) < 4.78 is 5.81. The quantitative estimate of drug-likeness (QED) is 0.432. The molecule has 34 heavy (non-hydrogen) atoms. The molecule has 0 bridgehead atoms. The zero-order valence-electron chi connectivity index (χ0n) is 21.6. The van der Waals surface area contributed by atoms with E-state index in [1.165, 1.54) is 5.57 Å². The molecule has 2 heterocycles. The van der Waals surface area contributed by atoms with Crippen LogP contribution in [0.1, 0.15) is 84.3 Å². The number of aliphatic hydroxyl groups excluding tert-OH is 2. The van der Waals surface area contributed by atoms with Gasteiger partial charge in [-0.1, -0.05) is 39.3 Å². The van der Waals surface area contributed by atoms with Gasteiger partial charge < -0.3 is 14.9 Å². The number of rotatable bonds is 2. The van der Waals surface area contributed by atoms with Gasteiger partial charge in [-0.05, 0) is 57.6 Å². The number of carbonyl (C=O) groups excluding carboxylic acids is 2. The van der Waals surface area contributed by atoms with E-state index in [4.69, 9.17) is 4.74 Å². The predicted molar refractivity (Wildman–Crippen MR) is 136 cm³/mol. The molecule has 0 saturated heterocycles. The first-order chi connectivity index (χ1) is 15.8. The van der Waals surface area contributed by atoms with Gasteiger partial charge in [0.25, 0.3) is 0 Å². The normalized spacial score (nSPS) is 30.6. The van der Waals surface area contributed by atoms with E-state index in [1.807, 2.05) is 32.2 Å². The lowest BCUT2D eigenvalue weighted by atomic mass is 9.73. The fraction of sp³-hybridized carbons (Fsp3) is 0.667. The van der Waals surface area contributed by atoms with Crippen molar-refractivity contribution < 1.29 is 24.5 Å². The molecule has 0 aromatic carbocycles. The van der Waals surface area contributed by atoms with Gasteiger partial charge in [0.15, 0.2) is 0 Å². The molecule has 6 nitrogen and oxygen atoms in total. The summed E-state index contributed by atoms with van der Waals surface area (Å²) in [6.07, 6.45) is 4.33. The summed E-state index contributed by atoms with van der Waals surface area (Å²) in [6.45, 7) is 12.8. The lowest BCUT2D eigenvalue weighted by Gasteiger charge is -2.34. The van der Waals surface area contributed by atoms with E-state index >= 15 is 0 Å². The predicted octanol–water partition coefficient (Wildman–Crippen LogP) is 5.27. The summed E-state index contributed by atoms with van der Waals surface area (Å²) in [5, 5.41) is 24.5. The van der Waals surface area contributed by atoms with E-state index < -0.39 is 35.6 Å². The summed E-state index contributed by atoms with van der Waals surface area (Å²) in [5.41, 5.74) is 1.71. The van der Waals surface area contributed by atoms with Crippen molar-refractivity contribution in [2.24, 2.45) is 17.3 Å². The molecule has 190 valence electrons. The molecule has 2 rings (SSSR count). The minimum atomic E-state index is -1.21. The Balaban J connectivity index is 2.33. The molecular weight excluding hydrogens is 450 g/mol.